The highest BCUT2D eigenvalue weighted by atomic mass is 16.2. The second-order valence-corrected chi connectivity index (χ2v) is 12.9. The van der Waals surface area contributed by atoms with Gasteiger partial charge in [0.1, 0.15) is 5.82 Å². The van der Waals surface area contributed by atoms with Crippen molar-refractivity contribution in [1.82, 2.24) is 10.3 Å². The fraction of sp³-hybridized carbons (Fsp3) is 0.421. The van der Waals surface area contributed by atoms with Crippen molar-refractivity contribution in [3.8, 4) is 0 Å². The molecule has 1 fully saturated rings. The van der Waals surface area contributed by atoms with Crippen molar-refractivity contribution < 1.29 is 9.59 Å². The highest BCUT2D eigenvalue weighted by Gasteiger charge is 2.26. The van der Waals surface area contributed by atoms with E-state index in [1.807, 2.05) is 18.2 Å². The van der Waals surface area contributed by atoms with Gasteiger partial charge in [-0.2, -0.15) is 0 Å². The molecular weight excluding hydrogens is 572 g/mol. The first-order chi connectivity index (χ1) is 22.2. The number of aromatic nitrogens is 1. The van der Waals surface area contributed by atoms with E-state index in [1.54, 1.807) is 24.4 Å². The van der Waals surface area contributed by atoms with Gasteiger partial charge in [0.05, 0.1) is 17.0 Å². The van der Waals surface area contributed by atoms with Gasteiger partial charge < -0.3 is 21.7 Å². The fourth-order valence-electron chi connectivity index (χ4n) is 6.66. The molecule has 46 heavy (non-hydrogen) atoms. The van der Waals surface area contributed by atoms with E-state index in [-0.39, 0.29) is 35.4 Å². The molecule has 3 aromatic rings. The van der Waals surface area contributed by atoms with Crippen LogP contribution >= 0.6 is 0 Å². The monoisotopic (exact) mass is 620 g/mol. The molecule has 1 saturated carbocycles. The molecule has 2 heterocycles. The zero-order chi connectivity index (χ0) is 32.6. The number of anilines is 3. The largest absolute Gasteiger partial charge is 0.383 e. The average molecular weight is 621 g/mol. The van der Waals surface area contributed by atoms with Gasteiger partial charge in [0, 0.05) is 47.1 Å². The zero-order valence-corrected chi connectivity index (χ0v) is 27.4. The molecule has 1 aliphatic heterocycles. The van der Waals surface area contributed by atoms with E-state index in [1.165, 1.54) is 5.56 Å². The lowest BCUT2D eigenvalue weighted by atomic mass is 9.89. The van der Waals surface area contributed by atoms with E-state index >= 15 is 0 Å². The molecule has 8 nitrogen and oxygen atoms in total. The average Bonchev–Trinajstić information content (AvgIpc) is 3.05. The van der Waals surface area contributed by atoms with Gasteiger partial charge in [0.2, 0.25) is 5.91 Å². The van der Waals surface area contributed by atoms with Crippen molar-refractivity contribution >= 4 is 40.8 Å². The Morgan fingerprint density at radius 1 is 1.07 bits per heavy atom. The van der Waals surface area contributed by atoms with Gasteiger partial charge in [-0.15, -0.1) is 0 Å². The molecule has 0 saturated heterocycles. The van der Waals surface area contributed by atoms with E-state index in [9.17, 15) is 15.0 Å². The maximum atomic E-state index is 13.4. The molecule has 1 aliphatic carbocycles. The number of allylic oxidation sites excluding steroid dienone is 1. The lowest BCUT2D eigenvalue weighted by Gasteiger charge is -2.32. The van der Waals surface area contributed by atoms with Crippen LogP contribution in [0.4, 0.5) is 17.2 Å². The van der Waals surface area contributed by atoms with Crippen LogP contribution in [0.5, 0.6) is 0 Å². The summed E-state index contributed by atoms with van der Waals surface area (Å²) in [6.45, 7) is 6.46. The number of nitrogens with zero attached hydrogens (tertiary/aromatic N) is 1. The molecule has 242 valence electrons. The molecule has 2 aliphatic rings. The number of carbonyl (C=O) groups is 2. The molecule has 8 heteroatoms. The third-order valence-corrected chi connectivity index (χ3v) is 9.43. The third-order valence-electron chi connectivity index (χ3n) is 9.43. The molecule has 2 amide bonds. The van der Waals surface area contributed by atoms with E-state index in [4.69, 9.17) is 5.73 Å². The number of carbonyl (C=O) groups excluding carboxylic acids is 2. The first kappa shape index (κ1) is 32.9. The topological polar surface area (TPSA) is 133 Å². The number of nitrogens with one attached hydrogen (secondary N) is 4. The summed E-state index contributed by atoms with van der Waals surface area (Å²) in [5.41, 5.74) is 13.1. The Kier molecular flexibility index (Phi) is 10.9. The minimum absolute atomic E-state index is 0.108. The number of pyridine rings is 1. The summed E-state index contributed by atoms with van der Waals surface area (Å²) in [5.74, 6) is 0.613. The number of benzene rings is 2. The number of hydrogen-bond donors (Lipinski definition) is 5. The molecule has 0 radical (unpaired) electrons. The number of nitrogen functional groups attached to an aromatic ring is 1. The first-order valence-corrected chi connectivity index (χ1v) is 16.9. The second kappa shape index (κ2) is 15.2. The van der Waals surface area contributed by atoms with E-state index in [0.717, 1.165) is 80.3 Å². The molecular formula is C38H48N6O2. The lowest BCUT2D eigenvalue weighted by Crippen LogP contribution is -2.42. The number of aryl methyl sites for hydroxylation is 1. The molecule has 5 rings (SSSR count). The SMILES string of the molecule is CCC(C)c1ccc(NC(=O)c2cccc(C(=N)c3c(N)ncc4c3N[C@@H]3CCCC(C3)NC(=O)CCCCC/C=C/4)c2)cc1C. The van der Waals surface area contributed by atoms with Crippen molar-refractivity contribution in [2.75, 3.05) is 16.4 Å². The molecule has 2 bridgehead atoms. The highest BCUT2D eigenvalue weighted by Crippen LogP contribution is 2.33. The minimum Gasteiger partial charge on any atom is -0.383 e. The van der Waals surface area contributed by atoms with Crippen LogP contribution in [-0.2, 0) is 4.79 Å². The third kappa shape index (κ3) is 8.03. The predicted octanol–water partition coefficient (Wildman–Crippen LogP) is 7.97. The van der Waals surface area contributed by atoms with Crippen LogP contribution in [0.1, 0.15) is 122 Å². The summed E-state index contributed by atoms with van der Waals surface area (Å²) in [6.07, 6.45) is 15.1. The van der Waals surface area contributed by atoms with Crippen LogP contribution in [0.15, 0.2) is 54.7 Å². The molecule has 3 atom stereocenters. The van der Waals surface area contributed by atoms with Gasteiger partial charge in [-0.1, -0.05) is 50.6 Å². The number of hydrogen-bond acceptors (Lipinski definition) is 6. The van der Waals surface area contributed by atoms with Gasteiger partial charge in [-0.25, -0.2) is 4.98 Å². The van der Waals surface area contributed by atoms with Crippen LogP contribution in [0, 0.1) is 12.3 Å². The van der Waals surface area contributed by atoms with E-state index in [0.29, 0.717) is 29.0 Å². The zero-order valence-electron chi connectivity index (χ0n) is 27.4. The van der Waals surface area contributed by atoms with Gasteiger partial charge in [0.15, 0.2) is 0 Å². The lowest BCUT2D eigenvalue weighted by molar-refractivity contribution is -0.122. The van der Waals surface area contributed by atoms with Crippen LogP contribution < -0.4 is 21.7 Å². The van der Waals surface area contributed by atoms with Gasteiger partial charge in [-0.3, -0.25) is 15.0 Å². The highest BCUT2D eigenvalue weighted by molar-refractivity contribution is 6.18. The summed E-state index contributed by atoms with van der Waals surface area (Å²) in [4.78, 5) is 30.5. The summed E-state index contributed by atoms with van der Waals surface area (Å²) in [7, 11) is 0. The smallest absolute Gasteiger partial charge is 0.255 e. The Balaban J connectivity index is 1.43. The maximum Gasteiger partial charge on any atom is 0.255 e. The fourth-order valence-corrected chi connectivity index (χ4v) is 6.66. The van der Waals surface area contributed by atoms with E-state index in [2.05, 4.69) is 59.9 Å². The van der Waals surface area contributed by atoms with Crippen molar-refractivity contribution in [3.63, 3.8) is 0 Å². The minimum atomic E-state index is -0.237. The van der Waals surface area contributed by atoms with Crippen LogP contribution in [0.25, 0.3) is 6.08 Å². The normalized spacial score (nSPS) is 20.1. The predicted molar refractivity (Wildman–Crippen MR) is 189 cm³/mol. The number of rotatable bonds is 6. The van der Waals surface area contributed by atoms with Crippen LogP contribution in [-0.4, -0.2) is 34.6 Å². The summed E-state index contributed by atoms with van der Waals surface area (Å²) >= 11 is 0. The molecule has 0 spiro atoms. The summed E-state index contributed by atoms with van der Waals surface area (Å²) in [6, 6.07) is 13.4. The number of nitrogens with two attached hydrogens (primary N) is 1. The Hall–Kier alpha value is -4.46. The van der Waals surface area contributed by atoms with Crippen LogP contribution in [0.2, 0.25) is 0 Å². The Morgan fingerprint density at radius 2 is 1.85 bits per heavy atom. The van der Waals surface area contributed by atoms with Gasteiger partial charge in [-0.05, 0) is 99.6 Å². The molecule has 2 unspecified atom stereocenters. The van der Waals surface area contributed by atoms with Crippen molar-refractivity contribution in [3.05, 3.63) is 88.1 Å². The molecule has 2 aromatic carbocycles. The summed E-state index contributed by atoms with van der Waals surface area (Å²) < 4.78 is 0. The maximum absolute atomic E-state index is 13.4. The van der Waals surface area contributed by atoms with Gasteiger partial charge in [0.25, 0.3) is 5.91 Å². The van der Waals surface area contributed by atoms with Crippen LogP contribution in [0.3, 0.4) is 0 Å². The van der Waals surface area contributed by atoms with Crippen molar-refractivity contribution in [1.29, 1.82) is 5.41 Å². The Morgan fingerprint density at radius 3 is 2.63 bits per heavy atom. The summed E-state index contributed by atoms with van der Waals surface area (Å²) in [5, 5.41) is 19.4. The number of amides is 2. The quantitative estimate of drug-likeness (QED) is 0.178. The standard InChI is InChI=1S/C38H48N6O2/c1-4-24(2)32-19-18-31(20-25(32)3)44-38(46)27-14-10-13-26(21-27)35(39)34-36-28(23-41-37(34)40)12-8-6-5-7-9-17-33(45)42-29-15-11-16-30(22-29)43-36/h8,10,12-14,18-21,23-24,29-30,39,43H,4-7,9,11,15-17,22H2,1-3H3,(H2,40,41)(H,42,45)(H,44,46)/b12-8+,39-35?/t24?,29?,30-/m1/s1. The van der Waals surface area contributed by atoms with E-state index < -0.39 is 0 Å². The Labute approximate surface area is 273 Å². The first-order valence-electron chi connectivity index (χ1n) is 16.9. The van der Waals surface area contributed by atoms with Crippen molar-refractivity contribution in [2.45, 2.75) is 103 Å². The molecule has 6 N–H and O–H groups in total. The molecule has 1 aromatic heterocycles. The van der Waals surface area contributed by atoms with Crippen molar-refractivity contribution in [2.24, 2.45) is 0 Å². The number of fused-ring (bicyclic) bond motifs is 3. The van der Waals surface area contributed by atoms with Gasteiger partial charge >= 0.3 is 0 Å². The second-order valence-electron chi connectivity index (χ2n) is 12.9. The Bertz CT molecular complexity index is 1610.